The summed E-state index contributed by atoms with van der Waals surface area (Å²) < 4.78 is 22.3. The van der Waals surface area contributed by atoms with Gasteiger partial charge in [-0.05, 0) is 56.0 Å². The predicted octanol–water partition coefficient (Wildman–Crippen LogP) is 6.48. The van der Waals surface area contributed by atoms with Gasteiger partial charge < -0.3 is 4.74 Å². The average Bonchev–Trinajstić information content (AvgIpc) is 3.21. The Balaban J connectivity index is 1.55. The molecule has 0 N–H and O–H groups in total. The predicted molar refractivity (Wildman–Crippen MR) is 146 cm³/mol. The van der Waals surface area contributed by atoms with Gasteiger partial charge in [0.2, 0.25) is 0 Å². The molecule has 0 amide bonds. The first-order valence-corrected chi connectivity index (χ1v) is 12.9. The zero-order valence-corrected chi connectivity index (χ0v) is 22.1. The number of hydrogen-bond donors (Lipinski definition) is 0. The van der Waals surface area contributed by atoms with Gasteiger partial charge in [-0.1, -0.05) is 55.8 Å². The summed E-state index contributed by atoms with van der Waals surface area (Å²) in [5.41, 5.74) is 5.33. The van der Waals surface area contributed by atoms with E-state index in [1.165, 1.54) is 10.6 Å². The first-order chi connectivity index (χ1) is 18.2. The number of ether oxygens (including phenoxy) is 1. The van der Waals surface area contributed by atoms with Crippen molar-refractivity contribution in [3.63, 3.8) is 0 Å². The zero-order chi connectivity index (χ0) is 27.0. The van der Waals surface area contributed by atoms with Crippen LogP contribution in [-0.2, 0) is 19.3 Å². The molecular formula is C32H30FN3O2. The molecule has 5 nitrogen and oxygen atoms in total. The molecule has 0 radical (unpaired) electrons. The lowest BCUT2D eigenvalue weighted by atomic mass is 9.97. The summed E-state index contributed by atoms with van der Waals surface area (Å²) in [4.78, 5) is 18.7. The molecule has 192 valence electrons. The number of aryl methyl sites for hydroxylation is 2. The molecule has 1 aromatic heterocycles. The van der Waals surface area contributed by atoms with Crippen LogP contribution in [0.5, 0.6) is 5.75 Å². The number of aromatic nitrogens is 2. The molecule has 4 aromatic rings. The fraction of sp³-hybridized carbons (Fsp3) is 0.281. The second kappa shape index (κ2) is 9.90. The number of hydrogen-bond acceptors (Lipinski definition) is 4. The maximum atomic E-state index is 15.0. The van der Waals surface area contributed by atoms with E-state index in [0.717, 1.165) is 34.4 Å². The molecule has 1 aliphatic rings. The molecule has 3 aromatic carbocycles. The molecule has 2 heterocycles. The van der Waals surface area contributed by atoms with Gasteiger partial charge in [0.1, 0.15) is 11.4 Å². The summed E-state index contributed by atoms with van der Waals surface area (Å²) in [6.07, 6.45) is 2.51. The molecule has 6 heteroatoms. The van der Waals surface area contributed by atoms with Crippen molar-refractivity contribution in [2.45, 2.75) is 59.0 Å². The number of fused-ring (bicyclic) bond motifs is 1. The Morgan fingerprint density at radius 1 is 1.13 bits per heavy atom. The van der Waals surface area contributed by atoms with Gasteiger partial charge in [-0.2, -0.15) is 5.26 Å². The molecule has 0 fully saturated rings. The SMILES string of the molecule is CCCc1nc(C)n(-c2cc(F)c3c(c2)CC(C)(C)O3)c(=O)c1Cc1ccc(-c2ccccc2C#N)cc1. The third kappa shape index (κ3) is 4.72. The van der Waals surface area contributed by atoms with Crippen LogP contribution in [0.3, 0.4) is 0 Å². The van der Waals surface area contributed by atoms with Crippen LogP contribution >= 0.6 is 0 Å². The maximum Gasteiger partial charge on any atom is 0.261 e. The Morgan fingerprint density at radius 3 is 2.58 bits per heavy atom. The van der Waals surface area contributed by atoms with Crippen molar-refractivity contribution in [2.75, 3.05) is 0 Å². The first kappa shape index (κ1) is 25.4. The lowest BCUT2D eigenvalue weighted by Gasteiger charge is -2.17. The van der Waals surface area contributed by atoms with Crippen LogP contribution in [0.25, 0.3) is 16.8 Å². The topological polar surface area (TPSA) is 67.9 Å². The Labute approximate surface area is 222 Å². The van der Waals surface area contributed by atoms with E-state index in [1.54, 1.807) is 13.0 Å². The highest BCUT2D eigenvalue weighted by atomic mass is 19.1. The van der Waals surface area contributed by atoms with Gasteiger partial charge in [-0.15, -0.1) is 0 Å². The van der Waals surface area contributed by atoms with Crippen LogP contribution in [0, 0.1) is 24.1 Å². The first-order valence-electron chi connectivity index (χ1n) is 12.9. The van der Waals surface area contributed by atoms with Crippen molar-refractivity contribution in [1.29, 1.82) is 5.26 Å². The van der Waals surface area contributed by atoms with Gasteiger partial charge >= 0.3 is 0 Å². The van der Waals surface area contributed by atoms with Crippen molar-refractivity contribution < 1.29 is 9.13 Å². The Bertz CT molecular complexity index is 1630. The molecule has 0 bridgehead atoms. The second-order valence-corrected chi connectivity index (χ2v) is 10.5. The molecule has 0 saturated carbocycles. The monoisotopic (exact) mass is 507 g/mol. The van der Waals surface area contributed by atoms with Crippen LogP contribution in [0.2, 0.25) is 0 Å². The molecule has 0 atom stereocenters. The fourth-order valence-electron chi connectivity index (χ4n) is 5.26. The van der Waals surface area contributed by atoms with Crippen molar-refractivity contribution in [2.24, 2.45) is 0 Å². The fourth-order valence-corrected chi connectivity index (χ4v) is 5.26. The van der Waals surface area contributed by atoms with E-state index in [4.69, 9.17) is 9.72 Å². The molecule has 38 heavy (non-hydrogen) atoms. The number of rotatable bonds is 6. The van der Waals surface area contributed by atoms with Crippen LogP contribution in [0.4, 0.5) is 4.39 Å². The molecule has 0 saturated heterocycles. The highest BCUT2D eigenvalue weighted by molar-refractivity contribution is 5.70. The quantitative estimate of drug-likeness (QED) is 0.300. The summed E-state index contributed by atoms with van der Waals surface area (Å²) in [5, 5.41) is 9.45. The molecule has 0 spiro atoms. The van der Waals surface area contributed by atoms with E-state index in [9.17, 15) is 10.1 Å². The van der Waals surface area contributed by atoms with E-state index in [1.807, 2.05) is 62.4 Å². The molecule has 0 aliphatic carbocycles. The number of nitriles is 1. The summed E-state index contributed by atoms with van der Waals surface area (Å²) >= 11 is 0. The van der Waals surface area contributed by atoms with E-state index in [2.05, 4.69) is 13.0 Å². The Morgan fingerprint density at radius 2 is 1.87 bits per heavy atom. The van der Waals surface area contributed by atoms with Gasteiger partial charge in [0.25, 0.3) is 5.56 Å². The Hall–Kier alpha value is -4.24. The average molecular weight is 508 g/mol. The summed E-state index contributed by atoms with van der Waals surface area (Å²) in [5.74, 6) is 0.322. The maximum absolute atomic E-state index is 15.0. The van der Waals surface area contributed by atoms with Crippen LogP contribution in [-0.4, -0.2) is 15.2 Å². The van der Waals surface area contributed by atoms with Crippen LogP contribution in [0.15, 0.2) is 65.5 Å². The smallest absolute Gasteiger partial charge is 0.261 e. The minimum Gasteiger partial charge on any atom is -0.484 e. The van der Waals surface area contributed by atoms with E-state index in [-0.39, 0.29) is 11.3 Å². The molecule has 5 rings (SSSR count). The number of benzene rings is 3. The van der Waals surface area contributed by atoms with Gasteiger partial charge in [0.05, 0.1) is 23.0 Å². The van der Waals surface area contributed by atoms with E-state index in [0.29, 0.717) is 41.9 Å². The summed E-state index contributed by atoms with van der Waals surface area (Å²) in [6, 6.07) is 20.9. The van der Waals surface area contributed by atoms with Crippen molar-refractivity contribution in [3.8, 4) is 28.6 Å². The van der Waals surface area contributed by atoms with Crippen LogP contribution in [0.1, 0.15) is 61.0 Å². The molecule has 1 aliphatic heterocycles. The third-order valence-electron chi connectivity index (χ3n) is 6.97. The minimum atomic E-state index is -0.490. The zero-order valence-electron chi connectivity index (χ0n) is 22.1. The minimum absolute atomic E-state index is 0.183. The highest BCUT2D eigenvalue weighted by Gasteiger charge is 2.33. The largest absolute Gasteiger partial charge is 0.484 e. The Kier molecular flexibility index (Phi) is 6.62. The van der Waals surface area contributed by atoms with Crippen LogP contribution < -0.4 is 10.3 Å². The summed E-state index contributed by atoms with van der Waals surface area (Å²) in [7, 11) is 0. The van der Waals surface area contributed by atoms with Crippen molar-refractivity contribution in [1.82, 2.24) is 9.55 Å². The third-order valence-corrected chi connectivity index (χ3v) is 6.97. The lowest BCUT2D eigenvalue weighted by Crippen LogP contribution is -2.28. The van der Waals surface area contributed by atoms with Gasteiger partial charge in [0.15, 0.2) is 11.6 Å². The standard InChI is InChI=1S/C32H30FN3O2/c1-5-8-29-27(15-21-11-13-22(14-12-21)26-10-7-6-9-23(26)19-34)31(37)36(20(2)35-29)25-16-24-18-32(3,4)38-30(24)28(33)17-25/h6-7,9-14,16-17H,5,8,15,18H2,1-4H3. The normalized spacial score (nSPS) is 13.6. The van der Waals surface area contributed by atoms with Gasteiger partial charge in [-0.25, -0.2) is 9.37 Å². The van der Waals surface area contributed by atoms with Crippen molar-refractivity contribution >= 4 is 0 Å². The second-order valence-electron chi connectivity index (χ2n) is 10.5. The van der Waals surface area contributed by atoms with E-state index < -0.39 is 11.4 Å². The highest BCUT2D eigenvalue weighted by Crippen LogP contribution is 2.38. The molecule has 0 unspecified atom stereocenters. The van der Waals surface area contributed by atoms with Crippen molar-refractivity contribution in [3.05, 3.63) is 111 Å². The van der Waals surface area contributed by atoms with E-state index >= 15 is 4.39 Å². The number of nitrogens with zero attached hydrogens (tertiary/aromatic N) is 3. The van der Waals surface area contributed by atoms with Gasteiger partial charge in [0, 0.05) is 30.0 Å². The lowest BCUT2D eigenvalue weighted by molar-refractivity contribution is 0.133. The summed E-state index contributed by atoms with van der Waals surface area (Å²) in [6.45, 7) is 7.70. The number of halogens is 1. The molecular weight excluding hydrogens is 477 g/mol. The van der Waals surface area contributed by atoms with Gasteiger partial charge in [-0.3, -0.25) is 9.36 Å².